The fraction of sp³-hybridized carbons (Fsp3) is 0.316. The summed E-state index contributed by atoms with van der Waals surface area (Å²) in [6.07, 6.45) is 5.56. The molecule has 1 aliphatic heterocycles. The summed E-state index contributed by atoms with van der Waals surface area (Å²) >= 11 is 0. The molecule has 1 saturated heterocycles. The summed E-state index contributed by atoms with van der Waals surface area (Å²) in [7, 11) is 0. The average Bonchev–Trinajstić information content (AvgIpc) is 2.68. The number of hydrogen-bond donors (Lipinski definition) is 1. The van der Waals surface area contributed by atoms with Crippen molar-refractivity contribution in [3.8, 4) is 0 Å². The van der Waals surface area contributed by atoms with Gasteiger partial charge in [0.25, 0.3) is 0 Å². The van der Waals surface area contributed by atoms with E-state index >= 15 is 0 Å². The zero-order valence-corrected chi connectivity index (χ0v) is 14.3. The van der Waals surface area contributed by atoms with Crippen LogP contribution in [0.5, 0.6) is 0 Å². The lowest BCUT2D eigenvalue weighted by atomic mass is 10.2. The molecule has 1 N–H and O–H groups in total. The Hall–Kier alpha value is -2.89. The van der Waals surface area contributed by atoms with Crippen LogP contribution in [0, 0.1) is 0 Å². The number of nitrogens with zero attached hydrogens (tertiary/aromatic N) is 4. The molecule has 1 fully saturated rings. The van der Waals surface area contributed by atoms with E-state index in [9.17, 15) is 4.79 Å². The van der Waals surface area contributed by atoms with Gasteiger partial charge in [0.05, 0.1) is 0 Å². The monoisotopic (exact) mass is 337 g/mol. The van der Waals surface area contributed by atoms with Gasteiger partial charge in [0.1, 0.15) is 11.6 Å². The molecule has 0 aliphatic carbocycles. The van der Waals surface area contributed by atoms with Crippen LogP contribution in [-0.4, -0.2) is 42.1 Å². The Morgan fingerprint density at radius 1 is 1.08 bits per heavy atom. The first-order chi connectivity index (χ1) is 12.3. The lowest BCUT2D eigenvalue weighted by Gasteiger charge is -2.36. The van der Waals surface area contributed by atoms with Gasteiger partial charge in [-0.25, -0.2) is 9.97 Å². The first-order valence-corrected chi connectivity index (χ1v) is 8.50. The van der Waals surface area contributed by atoms with Gasteiger partial charge in [-0.15, -0.1) is 6.58 Å². The van der Waals surface area contributed by atoms with Gasteiger partial charge < -0.3 is 15.1 Å². The molecule has 2 aromatic rings. The molecule has 0 atom stereocenters. The average molecular weight is 337 g/mol. The molecule has 130 valence electrons. The number of pyridine rings is 2. The summed E-state index contributed by atoms with van der Waals surface area (Å²) in [5.41, 5.74) is 1.03. The molecule has 1 amide bonds. The molecule has 3 rings (SSSR count). The van der Waals surface area contributed by atoms with E-state index in [1.54, 1.807) is 12.3 Å². The van der Waals surface area contributed by atoms with Gasteiger partial charge in [-0.3, -0.25) is 4.79 Å². The second kappa shape index (κ2) is 8.28. The Morgan fingerprint density at radius 3 is 2.56 bits per heavy atom. The van der Waals surface area contributed by atoms with Crippen molar-refractivity contribution in [2.24, 2.45) is 0 Å². The van der Waals surface area contributed by atoms with Crippen LogP contribution in [0.1, 0.15) is 12.0 Å². The van der Waals surface area contributed by atoms with Crippen molar-refractivity contribution < 1.29 is 4.79 Å². The molecular weight excluding hydrogens is 314 g/mol. The number of carbonyl (C=O) groups is 1. The van der Waals surface area contributed by atoms with Crippen molar-refractivity contribution in [1.82, 2.24) is 15.3 Å². The minimum Gasteiger partial charge on any atom is -0.353 e. The highest BCUT2D eigenvalue weighted by atomic mass is 16.1. The largest absolute Gasteiger partial charge is 0.353 e. The van der Waals surface area contributed by atoms with Gasteiger partial charge in [0, 0.05) is 57.1 Å². The standard InChI is InChI=1S/C19H23N5O/c1-2-6-18(25)22-15-16-7-5-10-21-19(16)24-13-11-23(12-14-24)17-8-3-4-9-20-17/h2-5,7-10H,1,6,11-15H2,(H,22,25). The number of anilines is 2. The van der Waals surface area contributed by atoms with E-state index in [2.05, 4.69) is 31.7 Å². The number of carbonyl (C=O) groups excluding carboxylic acids is 1. The number of piperazine rings is 1. The molecule has 1 aliphatic rings. The number of aromatic nitrogens is 2. The molecule has 0 radical (unpaired) electrons. The molecule has 25 heavy (non-hydrogen) atoms. The highest BCUT2D eigenvalue weighted by molar-refractivity contribution is 5.77. The van der Waals surface area contributed by atoms with E-state index in [1.165, 1.54) is 0 Å². The summed E-state index contributed by atoms with van der Waals surface area (Å²) in [5, 5.41) is 2.92. The van der Waals surface area contributed by atoms with E-state index < -0.39 is 0 Å². The molecule has 6 heteroatoms. The van der Waals surface area contributed by atoms with Crippen LogP contribution < -0.4 is 15.1 Å². The van der Waals surface area contributed by atoms with E-state index in [0.29, 0.717) is 13.0 Å². The van der Waals surface area contributed by atoms with Gasteiger partial charge in [0.15, 0.2) is 0 Å². The highest BCUT2D eigenvalue weighted by Crippen LogP contribution is 2.20. The van der Waals surface area contributed by atoms with E-state index in [4.69, 9.17) is 0 Å². The highest BCUT2D eigenvalue weighted by Gasteiger charge is 2.20. The van der Waals surface area contributed by atoms with Gasteiger partial charge in [-0.1, -0.05) is 18.2 Å². The van der Waals surface area contributed by atoms with Crippen LogP contribution in [0.15, 0.2) is 55.4 Å². The first-order valence-electron chi connectivity index (χ1n) is 8.50. The second-order valence-electron chi connectivity index (χ2n) is 5.92. The number of rotatable bonds is 6. The zero-order valence-electron chi connectivity index (χ0n) is 14.3. The normalized spacial score (nSPS) is 14.2. The SMILES string of the molecule is C=CCC(=O)NCc1cccnc1N1CCN(c2ccccn2)CC1. The van der Waals surface area contributed by atoms with Crippen LogP contribution in [0.3, 0.4) is 0 Å². The molecule has 6 nitrogen and oxygen atoms in total. The lowest BCUT2D eigenvalue weighted by molar-refractivity contribution is -0.120. The molecule has 0 unspecified atom stereocenters. The number of amides is 1. The minimum absolute atomic E-state index is 0.0234. The fourth-order valence-electron chi connectivity index (χ4n) is 2.94. The van der Waals surface area contributed by atoms with E-state index in [-0.39, 0.29) is 5.91 Å². The Morgan fingerprint density at radius 2 is 1.84 bits per heavy atom. The predicted octanol–water partition coefficient (Wildman–Crippen LogP) is 2.00. The summed E-state index contributed by atoms with van der Waals surface area (Å²) in [6, 6.07) is 9.90. The molecule has 0 bridgehead atoms. The van der Waals surface area contributed by atoms with Gasteiger partial charge >= 0.3 is 0 Å². The third-order valence-electron chi connectivity index (χ3n) is 4.23. The minimum atomic E-state index is -0.0234. The molecular formula is C19H23N5O. The Labute approximate surface area is 148 Å². The maximum Gasteiger partial charge on any atom is 0.224 e. The quantitative estimate of drug-likeness (QED) is 0.817. The van der Waals surface area contributed by atoms with Gasteiger partial charge in [-0.05, 0) is 18.2 Å². The van der Waals surface area contributed by atoms with Crippen molar-refractivity contribution in [1.29, 1.82) is 0 Å². The Balaban J connectivity index is 1.63. The Bertz CT molecular complexity index is 711. The summed E-state index contributed by atoms with van der Waals surface area (Å²) in [6.45, 7) is 7.62. The third kappa shape index (κ3) is 4.35. The first kappa shape index (κ1) is 17.0. The van der Waals surface area contributed by atoms with Crippen LogP contribution in [-0.2, 0) is 11.3 Å². The van der Waals surface area contributed by atoms with E-state index in [0.717, 1.165) is 43.4 Å². The van der Waals surface area contributed by atoms with Crippen LogP contribution in [0.2, 0.25) is 0 Å². The maximum atomic E-state index is 11.7. The number of nitrogens with one attached hydrogen (secondary N) is 1. The summed E-state index contributed by atoms with van der Waals surface area (Å²) < 4.78 is 0. The molecule has 0 spiro atoms. The second-order valence-corrected chi connectivity index (χ2v) is 5.92. The van der Waals surface area contributed by atoms with E-state index in [1.807, 2.05) is 36.5 Å². The fourth-order valence-corrected chi connectivity index (χ4v) is 2.94. The lowest BCUT2D eigenvalue weighted by Crippen LogP contribution is -2.47. The summed E-state index contributed by atoms with van der Waals surface area (Å²) in [5.74, 6) is 1.94. The third-order valence-corrected chi connectivity index (χ3v) is 4.23. The van der Waals surface area contributed by atoms with Crippen molar-refractivity contribution in [2.75, 3.05) is 36.0 Å². The van der Waals surface area contributed by atoms with Crippen molar-refractivity contribution in [3.63, 3.8) is 0 Å². The zero-order chi connectivity index (χ0) is 17.5. The maximum absolute atomic E-state index is 11.7. The van der Waals surface area contributed by atoms with Crippen molar-refractivity contribution in [2.45, 2.75) is 13.0 Å². The van der Waals surface area contributed by atoms with Gasteiger partial charge in [-0.2, -0.15) is 0 Å². The topological polar surface area (TPSA) is 61.4 Å². The summed E-state index contributed by atoms with van der Waals surface area (Å²) in [4.78, 5) is 25.2. The number of hydrogen-bond acceptors (Lipinski definition) is 5. The Kier molecular flexibility index (Phi) is 5.61. The van der Waals surface area contributed by atoms with Crippen molar-refractivity contribution in [3.05, 3.63) is 60.9 Å². The van der Waals surface area contributed by atoms with Crippen LogP contribution >= 0.6 is 0 Å². The molecule has 3 heterocycles. The van der Waals surface area contributed by atoms with Crippen LogP contribution in [0.25, 0.3) is 0 Å². The molecule has 2 aromatic heterocycles. The van der Waals surface area contributed by atoms with Gasteiger partial charge in [0.2, 0.25) is 5.91 Å². The van der Waals surface area contributed by atoms with Crippen LogP contribution in [0.4, 0.5) is 11.6 Å². The smallest absolute Gasteiger partial charge is 0.224 e. The molecule has 0 saturated carbocycles. The molecule has 0 aromatic carbocycles. The van der Waals surface area contributed by atoms with Crippen molar-refractivity contribution >= 4 is 17.5 Å². The predicted molar refractivity (Wildman–Crippen MR) is 99.6 cm³/mol.